The van der Waals surface area contributed by atoms with Crippen molar-refractivity contribution in [3.05, 3.63) is 11.5 Å². The van der Waals surface area contributed by atoms with Crippen molar-refractivity contribution in [1.29, 1.82) is 5.41 Å². The number of nitrogens with zero attached hydrogens (tertiary/aromatic N) is 1. The van der Waals surface area contributed by atoms with Gasteiger partial charge in [0.2, 0.25) is 5.91 Å². The van der Waals surface area contributed by atoms with Gasteiger partial charge in [0.15, 0.2) is 5.84 Å². The Labute approximate surface area is 70.0 Å². The zero-order valence-corrected chi connectivity index (χ0v) is 6.96. The Hall–Kier alpha value is -1.52. The van der Waals surface area contributed by atoms with E-state index in [4.69, 9.17) is 11.1 Å². The van der Waals surface area contributed by atoms with E-state index in [2.05, 4.69) is 0 Å². The van der Waals surface area contributed by atoms with Crippen LogP contribution in [0.1, 0.15) is 6.92 Å². The molecule has 0 saturated heterocycles. The largest absolute Gasteiger partial charge is 0.509 e. The van der Waals surface area contributed by atoms with Crippen molar-refractivity contribution in [2.45, 2.75) is 6.92 Å². The summed E-state index contributed by atoms with van der Waals surface area (Å²) >= 11 is 0. The van der Waals surface area contributed by atoms with Crippen molar-refractivity contribution in [2.75, 3.05) is 7.05 Å². The van der Waals surface area contributed by atoms with Crippen LogP contribution in [-0.2, 0) is 4.79 Å². The molecule has 66 valence electrons. The van der Waals surface area contributed by atoms with Gasteiger partial charge in [0.1, 0.15) is 11.5 Å². The van der Waals surface area contributed by atoms with Gasteiger partial charge in [0.05, 0.1) is 5.92 Å². The molecule has 0 radical (unpaired) electrons. The van der Waals surface area contributed by atoms with E-state index < -0.39 is 5.92 Å². The lowest BCUT2D eigenvalue weighted by molar-refractivity contribution is -0.130. The molecule has 0 saturated carbocycles. The van der Waals surface area contributed by atoms with Crippen LogP contribution in [0.4, 0.5) is 0 Å². The summed E-state index contributed by atoms with van der Waals surface area (Å²) in [6.07, 6.45) is 0. The summed E-state index contributed by atoms with van der Waals surface area (Å²) in [5.74, 6) is -1.30. The summed E-state index contributed by atoms with van der Waals surface area (Å²) in [5, 5.41) is 16.6. The van der Waals surface area contributed by atoms with Crippen LogP contribution in [0.2, 0.25) is 0 Å². The second kappa shape index (κ2) is 2.51. The van der Waals surface area contributed by atoms with E-state index in [9.17, 15) is 9.90 Å². The predicted octanol–water partition coefficient (Wildman–Crippen LogP) is -0.200. The minimum absolute atomic E-state index is 0.0235. The second-order valence-corrected chi connectivity index (χ2v) is 2.77. The molecule has 1 amide bonds. The van der Waals surface area contributed by atoms with Crippen LogP contribution in [0, 0.1) is 11.3 Å². The summed E-state index contributed by atoms with van der Waals surface area (Å²) < 4.78 is 0. The lowest BCUT2D eigenvalue weighted by atomic mass is 10.0. The van der Waals surface area contributed by atoms with Gasteiger partial charge in [-0.15, -0.1) is 0 Å². The average Bonchev–Trinajstić information content (AvgIpc) is 2.08. The molecular formula is C7H11N3O2. The highest BCUT2D eigenvalue weighted by molar-refractivity contribution is 6.09. The molecule has 0 fully saturated rings. The molecule has 12 heavy (non-hydrogen) atoms. The number of carbonyl (C=O) groups is 1. The summed E-state index contributed by atoms with van der Waals surface area (Å²) in [5.41, 5.74) is 5.35. The Morgan fingerprint density at radius 3 is 2.67 bits per heavy atom. The van der Waals surface area contributed by atoms with Crippen LogP contribution in [0.25, 0.3) is 0 Å². The number of amides is 1. The van der Waals surface area contributed by atoms with E-state index in [1.807, 2.05) is 0 Å². The quantitative estimate of drug-likeness (QED) is 0.469. The first-order chi connectivity index (χ1) is 5.46. The smallest absolute Gasteiger partial charge is 0.238 e. The maximum atomic E-state index is 11.2. The molecule has 5 nitrogen and oxygen atoms in total. The molecule has 0 aromatic rings. The van der Waals surface area contributed by atoms with Crippen LogP contribution >= 0.6 is 0 Å². The number of hydrogen-bond donors (Lipinski definition) is 3. The summed E-state index contributed by atoms with van der Waals surface area (Å²) in [6.45, 7) is 1.55. The second-order valence-electron chi connectivity index (χ2n) is 2.77. The summed E-state index contributed by atoms with van der Waals surface area (Å²) in [6, 6.07) is 0. The fraction of sp³-hybridized carbons (Fsp3) is 0.429. The number of rotatable bonds is 0. The Morgan fingerprint density at radius 1 is 1.67 bits per heavy atom. The van der Waals surface area contributed by atoms with Gasteiger partial charge < -0.3 is 10.8 Å². The Bertz CT molecular complexity index is 282. The van der Waals surface area contributed by atoms with Crippen LogP contribution in [0.15, 0.2) is 11.5 Å². The maximum absolute atomic E-state index is 11.2. The first kappa shape index (κ1) is 8.58. The van der Waals surface area contributed by atoms with Crippen molar-refractivity contribution in [2.24, 2.45) is 11.7 Å². The van der Waals surface area contributed by atoms with Crippen LogP contribution in [-0.4, -0.2) is 28.8 Å². The Kier molecular flexibility index (Phi) is 1.79. The van der Waals surface area contributed by atoms with Crippen molar-refractivity contribution in [1.82, 2.24) is 4.90 Å². The number of aliphatic hydroxyl groups excluding tert-OH is 1. The van der Waals surface area contributed by atoms with Gasteiger partial charge in [0.25, 0.3) is 0 Å². The molecule has 0 aliphatic carbocycles. The van der Waals surface area contributed by atoms with Gasteiger partial charge in [-0.3, -0.25) is 15.1 Å². The third-order valence-corrected chi connectivity index (χ3v) is 1.98. The number of likely N-dealkylation sites (N-methyl/N-ethyl adjacent to an activating group) is 1. The van der Waals surface area contributed by atoms with Crippen LogP contribution in [0.3, 0.4) is 0 Å². The summed E-state index contributed by atoms with van der Waals surface area (Å²) in [7, 11) is 1.46. The lowest BCUT2D eigenvalue weighted by Crippen LogP contribution is -2.44. The molecule has 1 aliphatic rings. The number of carbonyl (C=O) groups excluding carboxylic acids is 1. The van der Waals surface area contributed by atoms with E-state index in [0.29, 0.717) is 0 Å². The van der Waals surface area contributed by atoms with Crippen molar-refractivity contribution in [3.8, 4) is 0 Å². The van der Waals surface area contributed by atoms with Crippen LogP contribution in [0.5, 0.6) is 0 Å². The predicted molar refractivity (Wildman–Crippen MR) is 43.5 cm³/mol. The summed E-state index contributed by atoms with van der Waals surface area (Å²) in [4.78, 5) is 12.4. The van der Waals surface area contributed by atoms with Crippen molar-refractivity contribution in [3.63, 3.8) is 0 Å². The van der Waals surface area contributed by atoms with Gasteiger partial charge >= 0.3 is 0 Å². The monoisotopic (exact) mass is 169 g/mol. The van der Waals surface area contributed by atoms with Gasteiger partial charge in [0, 0.05) is 7.05 Å². The van der Waals surface area contributed by atoms with Gasteiger partial charge in [-0.05, 0) is 6.92 Å². The fourth-order valence-electron chi connectivity index (χ4n) is 1.05. The topological polar surface area (TPSA) is 90.4 Å². The molecule has 0 spiro atoms. The third kappa shape index (κ3) is 0.939. The minimum Gasteiger partial charge on any atom is -0.509 e. The highest BCUT2D eigenvalue weighted by atomic mass is 16.3. The van der Waals surface area contributed by atoms with E-state index >= 15 is 0 Å². The fourth-order valence-corrected chi connectivity index (χ4v) is 1.05. The van der Waals surface area contributed by atoms with Crippen molar-refractivity contribution >= 4 is 11.7 Å². The zero-order valence-electron chi connectivity index (χ0n) is 6.96. The first-order valence-electron chi connectivity index (χ1n) is 3.52. The minimum atomic E-state index is -0.635. The molecule has 1 heterocycles. The number of aliphatic hydroxyl groups is 1. The van der Waals surface area contributed by atoms with E-state index in [-0.39, 0.29) is 23.2 Å². The standard InChI is InChI=1S/C7H11N3O2/c1-3-5(11)4(8)6(9)10(2)7(3)12/h3,9,11H,8H2,1-2H3. The third-order valence-electron chi connectivity index (χ3n) is 1.98. The number of hydrogen-bond acceptors (Lipinski definition) is 4. The maximum Gasteiger partial charge on any atom is 0.238 e. The molecule has 4 N–H and O–H groups in total. The van der Waals surface area contributed by atoms with E-state index in [1.165, 1.54) is 7.05 Å². The number of nitrogens with two attached hydrogens (primary N) is 1. The molecule has 1 rings (SSSR count). The SMILES string of the molecule is CC1C(=O)N(C)C(=N)C(N)=C1O. The molecular weight excluding hydrogens is 158 g/mol. The number of nitrogens with one attached hydrogen (secondary N) is 1. The van der Waals surface area contributed by atoms with Crippen molar-refractivity contribution < 1.29 is 9.90 Å². The van der Waals surface area contributed by atoms with E-state index in [1.54, 1.807) is 6.92 Å². The first-order valence-corrected chi connectivity index (χ1v) is 3.52. The highest BCUT2D eigenvalue weighted by Crippen LogP contribution is 2.19. The zero-order chi connectivity index (χ0) is 9.46. The van der Waals surface area contributed by atoms with Crippen LogP contribution < -0.4 is 5.73 Å². The molecule has 1 atom stereocenters. The molecule has 0 aromatic carbocycles. The van der Waals surface area contributed by atoms with E-state index in [0.717, 1.165) is 4.90 Å². The van der Waals surface area contributed by atoms with Gasteiger partial charge in [-0.25, -0.2) is 0 Å². The molecule has 0 aromatic heterocycles. The van der Waals surface area contributed by atoms with Gasteiger partial charge in [-0.1, -0.05) is 0 Å². The average molecular weight is 169 g/mol. The molecule has 1 unspecified atom stereocenters. The Balaban J connectivity index is 3.17. The molecule has 5 heteroatoms. The highest BCUT2D eigenvalue weighted by Gasteiger charge is 2.32. The van der Waals surface area contributed by atoms with Gasteiger partial charge in [-0.2, -0.15) is 0 Å². The Morgan fingerprint density at radius 2 is 2.17 bits per heavy atom. The molecule has 1 aliphatic heterocycles. The lowest BCUT2D eigenvalue weighted by Gasteiger charge is -2.27. The number of amidine groups is 1. The normalized spacial score (nSPS) is 25.2. The molecule has 0 bridgehead atoms.